The Kier molecular flexibility index (Phi) is 7.60. The lowest BCUT2D eigenvalue weighted by Crippen LogP contribution is -2.49. The molecule has 0 aliphatic carbocycles. The zero-order valence-corrected chi connectivity index (χ0v) is 22.8. The Morgan fingerprint density at radius 3 is 2.54 bits per heavy atom. The van der Waals surface area contributed by atoms with Crippen LogP contribution < -0.4 is 0 Å². The summed E-state index contributed by atoms with van der Waals surface area (Å²) in [4.78, 5) is 31.9. The van der Waals surface area contributed by atoms with Gasteiger partial charge in [0, 0.05) is 17.8 Å². The molecule has 1 aromatic heterocycles. The first-order chi connectivity index (χ1) is 17.4. The summed E-state index contributed by atoms with van der Waals surface area (Å²) in [6.07, 6.45) is 1.81. The third kappa shape index (κ3) is 5.95. The lowest BCUT2D eigenvalue weighted by Gasteiger charge is -2.30. The summed E-state index contributed by atoms with van der Waals surface area (Å²) >= 11 is 6.08. The second kappa shape index (κ2) is 10.4. The molecular weight excluding hydrogens is 514 g/mol. The summed E-state index contributed by atoms with van der Waals surface area (Å²) < 4.78 is 34.6. The highest BCUT2D eigenvalue weighted by atomic mass is 35.5. The molecule has 37 heavy (non-hydrogen) atoms. The average Bonchev–Trinajstić information content (AvgIpc) is 3.21. The second-order valence-corrected chi connectivity index (χ2v) is 12.4. The number of fused-ring (bicyclic) bond motifs is 1. The predicted octanol–water partition coefficient (Wildman–Crippen LogP) is 4.41. The van der Waals surface area contributed by atoms with Crippen molar-refractivity contribution in [3.63, 3.8) is 0 Å². The quantitative estimate of drug-likeness (QED) is 0.409. The topological polar surface area (TPSA) is 96.9 Å². The van der Waals surface area contributed by atoms with Gasteiger partial charge < -0.3 is 9.64 Å². The summed E-state index contributed by atoms with van der Waals surface area (Å²) in [6.45, 7) is 7.00. The van der Waals surface area contributed by atoms with Crippen LogP contribution in [0.3, 0.4) is 0 Å². The van der Waals surface area contributed by atoms with Gasteiger partial charge in [-0.2, -0.15) is 4.31 Å². The molecule has 3 aromatic rings. The zero-order valence-electron chi connectivity index (χ0n) is 21.2. The first-order valence-electron chi connectivity index (χ1n) is 12.0. The fraction of sp³-hybridized carbons (Fsp3) is 0.370. The summed E-state index contributed by atoms with van der Waals surface area (Å²) in [5.41, 5.74) is -0.201. The standard InChI is InChI=1S/C27H30ClN3O5S/c1-18(26(33)36-27(2,3)4)30-14-12-24(25(30)32)31(17-22-7-5-6-13-29-22)37(34,35)23-11-9-19-15-21(28)10-8-20(19)16-23/h5-11,13,15-16,18,24H,12,14,17H2,1-4H3/t18-,24-/m0/s1. The van der Waals surface area contributed by atoms with E-state index in [2.05, 4.69) is 4.98 Å². The third-order valence-corrected chi connectivity index (χ3v) is 8.28. The maximum absolute atomic E-state index is 14.0. The maximum Gasteiger partial charge on any atom is 0.329 e. The van der Waals surface area contributed by atoms with E-state index in [1.807, 2.05) is 0 Å². The van der Waals surface area contributed by atoms with Crippen molar-refractivity contribution in [1.82, 2.24) is 14.2 Å². The van der Waals surface area contributed by atoms with Crippen molar-refractivity contribution in [3.8, 4) is 0 Å². The number of halogens is 1. The van der Waals surface area contributed by atoms with Crippen LogP contribution in [-0.2, 0) is 30.9 Å². The Balaban J connectivity index is 1.68. The highest BCUT2D eigenvalue weighted by molar-refractivity contribution is 7.89. The first-order valence-corrected chi connectivity index (χ1v) is 13.8. The van der Waals surface area contributed by atoms with Gasteiger partial charge in [0.1, 0.15) is 17.7 Å². The lowest BCUT2D eigenvalue weighted by molar-refractivity contribution is -0.163. The maximum atomic E-state index is 14.0. The van der Waals surface area contributed by atoms with E-state index in [0.29, 0.717) is 16.1 Å². The monoisotopic (exact) mass is 543 g/mol. The molecule has 0 bridgehead atoms. The third-order valence-electron chi connectivity index (χ3n) is 6.20. The summed E-state index contributed by atoms with van der Waals surface area (Å²) in [6, 6.07) is 13.4. The van der Waals surface area contributed by atoms with E-state index in [0.717, 1.165) is 5.39 Å². The van der Waals surface area contributed by atoms with Crippen molar-refractivity contribution in [3.05, 3.63) is 71.5 Å². The van der Waals surface area contributed by atoms with Crippen LogP contribution >= 0.6 is 11.6 Å². The van der Waals surface area contributed by atoms with Gasteiger partial charge in [-0.1, -0.05) is 29.8 Å². The minimum absolute atomic E-state index is 0.0599. The minimum Gasteiger partial charge on any atom is -0.458 e. The van der Waals surface area contributed by atoms with E-state index in [-0.39, 0.29) is 24.4 Å². The van der Waals surface area contributed by atoms with Crippen molar-refractivity contribution in [2.45, 2.75) is 63.2 Å². The van der Waals surface area contributed by atoms with Gasteiger partial charge >= 0.3 is 5.97 Å². The van der Waals surface area contributed by atoms with Crippen LogP contribution in [0.1, 0.15) is 39.8 Å². The van der Waals surface area contributed by atoms with Gasteiger partial charge in [0.15, 0.2) is 0 Å². The predicted molar refractivity (Wildman–Crippen MR) is 141 cm³/mol. The largest absolute Gasteiger partial charge is 0.458 e. The van der Waals surface area contributed by atoms with Crippen molar-refractivity contribution >= 4 is 44.3 Å². The van der Waals surface area contributed by atoms with Crippen molar-refractivity contribution in [2.75, 3.05) is 6.54 Å². The molecule has 1 saturated heterocycles. The van der Waals surface area contributed by atoms with Gasteiger partial charge in [0.05, 0.1) is 17.1 Å². The summed E-state index contributed by atoms with van der Waals surface area (Å²) in [7, 11) is -4.12. The highest BCUT2D eigenvalue weighted by Crippen LogP contribution is 2.30. The molecule has 2 aromatic carbocycles. The molecule has 0 N–H and O–H groups in total. The van der Waals surface area contributed by atoms with Crippen LogP contribution in [0.25, 0.3) is 10.8 Å². The van der Waals surface area contributed by atoms with E-state index in [1.54, 1.807) is 82.4 Å². The zero-order chi connectivity index (χ0) is 27.0. The number of nitrogens with zero attached hydrogens (tertiary/aromatic N) is 3. The highest BCUT2D eigenvalue weighted by Gasteiger charge is 2.45. The number of benzene rings is 2. The Morgan fingerprint density at radius 2 is 1.86 bits per heavy atom. The fourth-order valence-electron chi connectivity index (χ4n) is 4.36. The molecule has 1 aliphatic heterocycles. The van der Waals surface area contributed by atoms with E-state index in [9.17, 15) is 18.0 Å². The number of hydrogen-bond donors (Lipinski definition) is 0. The molecule has 0 saturated carbocycles. The molecule has 196 valence electrons. The van der Waals surface area contributed by atoms with Crippen LogP contribution in [0.4, 0.5) is 0 Å². The molecule has 10 heteroatoms. The Bertz CT molecular complexity index is 1420. The number of amides is 1. The van der Waals surface area contributed by atoms with Crippen LogP contribution in [-0.4, -0.2) is 58.7 Å². The van der Waals surface area contributed by atoms with Crippen LogP contribution in [0.2, 0.25) is 5.02 Å². The van der Waals surface area contributed by atoms with Gasteiger partial charge in [0.25, 0.3) is 0 Å². The van der Waals surface area contributed by atoms with Gasteiger partial charge in [-0.3, -0.25) is 9.78 Å². The van der Waals surface area contributed by atoms with Gasteiger partial charge in [0.2, 0.25) is 15.9 Å². The Hall–Kier alpha value is -3.01. The average molecular weight is 544 g/mol. The number of aromatic nitrogens is 1. The molecular formula is C27H30ClN3O5S. The van der Waals surface area contributed by atoms with E-state index in [1.165, 1.54) is 15.3 Å². The number of sulfonamides is 1. The Morgan fingerprint density at radius 1 is 1.16 bits per heavy atom. The molecule has 8 nitrogen and oxygen atoms in total. The number of hydrogen-bond acceptors (Lipinski definition) is 6. The molecule has 2 heterocycles. The number of rotatable bonds is 7. The van der Waals surface area contributed by atoms with Crippen molar-refractivity contribution in [2.24, 2.45) is 0 Å². The molecule has 0 spiro atoms. The van der Waals surface area contributed by atoms with Gasteiger partial charge in [-0.25, -0.2) is 13.2 Å². The number of pyridine rings is 1. The molecule has 1 amide bonds. The molecule has 0 radical (unpaired) electrons. The van der Waals surface area contributed by atoms with E-state index < -0.39 is 39.6 Å². The second-order valence-electron chi connectivity index (χ2n) is 10.1. The number of carbonyl (C=O) groups excluding carboxylic acids is 2. The van der Waals surface area contributed by atoms with Crippen LogP contribution in [0.5, 0.6) is 0 Å². The van der Waals surface area contributed by atoms with E-state index in [4.69, 9.17) is 16.3 Å². The molecule has 0 unspecified atom stereocenters. The molecule has 1 aliphatic rings. The SMILES string of the molecule is C[C@@H](C(=O)OC(C)(C)C)N1CC[C@H](N(Cc2ccccn2)S(=O)(=O)c2ccc3cc(Cl)ccc3c2)C1=O. The lowest BCUT2D eigenvalue weighted by atomic mass is 10.1. The van der Waals surface area contributed by atoms with Gasteiger partial charge in [-0.05, 0) is 81.3 Å². The fourth-order valence-corrected chi connectivity index (χ4v) is 6.16. The number of ether oxygens (including phenoxy) is 1. The van der Waals surface area contributed by atoms with E-state index >= 15 is 0 Å². The smallest absolute Gasteiger partial charge is 0.329 e. The first kappa shape index (κ1) is 27.0. The van der Waals surface area contributed by atoms with Crippen LogP contribution in [0.15, 0.2) is 65.7 Å². The van der Waals surface area contributed by atoms with Crippen molar-refractivity contribution in [1.29, 1.82) is 0 Å². The van der Waals surface area contributed by atoms with Crippen LogP contribution in [0, 0.1) is 0 Å². The Labute approximate surface area is 222 Å². The van der Waals surface area contributed by atoms with Crippen molar-refractivity contribution < 1.29 is 22.7 Å². The molecule has 4 rings (SSSR count). The number of carbonyl (C=O) groups is 2. The van der Waals surface area contributed by atoms with Gasteiger partial charge in [-0.15, -0.1) is 0 Å². The molecule has 2 atom stereocenters. The molecule has 1 fully saturated rings. The summed E-state index contributed by atoms with van der Waals surface area (Å²) in [5, 5.41) is 2.06. The minimum atomic E-state index is -4.12. The summed E-state index contributed by atoms with van der Waals surface area (Å²) in [5.74, 6) is -0.973. The number of likely N-dealkylation sites (tertiary alicyclic amines) is 1. The number of esters is 1. The normalized spacial score (nSPS) is 17.4.